The number of rotatable bonds is 30. The van der Waals surface area contributed by atoms with E-state index in [4.69, 9.17) is 19.9 Å². The van der Waals surface area contributed by atoms with Gasteiger partial charge in [-0.3, -0.25) is 127 Å². The van der Waals surface area contributed by atoms with Gasteiger partial charge in [0.1, 0.15) is 30.5 Å². The summed E-state index contributed by atoms with van der Waals surface area (Å²) in [4.78, 5) is 176. The molecule has 6 saturated heterocycles. The molecule has 12 amide bonds. The fraction of sp³-hybridized carbons (Fsp3) is 0.506. The Hall–Kier alpha value is -10.1. The van der Waals surface area contributed by atoms with Crippen LogP contribution in [0.3, 0.4) is 0 Å². The third-order valence-corrected chi connectivity index (χ3v) is 23.3. The Morgan fingerprint density at radius 3 is 1.08 bits per heavy atom. The van der Waals surface area contributed by atoms with Gasteiger partial charge in [-0.05, 0) is 125 Å². The van der Waals surface area contributed by atoms with Crippen molar-refractivity contribution in [2.75, 3.05) is 111 Å². The van der Waals surface area contributed by atoms with Crippen molar-refractivity contribution in [3.8, 4) is 0 Å². The maximum absolute atomic E-state index is 13.2. The number of halogens is 7. The smallest absolute Gasteiger partial charge is 0.693 e. The van der Waals surface area contributed by atoms with E-state index in [9.17, 15) is 113 Å². The number of carbonyl (C=O) groups excluding carboxylic acids is 12. The molecule has 9 aliphatic heterocycles. The zero-order valence-electron chi connectivity index (χ0n) is 69.9. The topological polar surface area (TPSA) is 539 Å². The molecule has 0 radical (unpaired) electrons. The van der Waals surface area contributed by atoms with Gasteiger partial charge in [0.2, 0.25) is 46.8 Å². The summed E-state index contributed by atoms with van der Waals surface area (Å²) in [5.41, 5.74) is 5.80. The first-order chi connectivity index (χ1) is 60.2. The van der Waals surface area contributed by atoms with E-state index in [0.29, 0.717) is 101 Å². The Kier molecular flexibility index (Phi) is 36.7. The largest absolute Gasteiger partial charge is 1.00 e. The van der Waals surface area contributed by atoms with Gasteiger partial charge in [0.05, 0.1) is 120 Å². The van der Waals surface area contributed by atoms with Crippen LogP contribution >= 0.6 is 12.4 Å². The number of fused-ring (bicyclic) bond motifs is 3. The molecule has 0 bridgehead atoms. The molecule has 8 N–H and O–H groups in total. The van der Waals surface area contributed by atoms with Crippen molar-refractivity contribution in [1.82, 2.24) is 75.1 Å². The second-order valence-electron chi connectivity index (χ2n) is 30.7. The Bertz CT molecular complexity index is 5320. The zero-order valence-corrected chi connectivity index (χ0v) is 74.6. The predicted octanol–water partition coefficient (Wildman–Crippen LogP) is 3.15. The fourth-order valence-electron chi connectivity index (χ4n) is 16.3. The molecule has 15 rings (SSSR count). The van der Waals surface area contributed by atoms with E-state index in [1.807, 2.05) is 0 Å². The van der Waals surface area contributed by atoms with E-state index in [2.05, 4.69) is 50.5 Å². The van der Waals surface area contributed by atoms with Crippen LogP contribution < -0.4 is 78.4 Å². The number of nitrogen functional groups attached to an aromatic ring is 1. The SMILES string of the molecule is CS(=O)(=O)OCCOCCc1cccc2c1C(=O)N(C1CCC(=O)NC1=O)C2=O.Cl.Nc1cn(C2CCN(CCOCCc3cccc4c3C(=O)N(C3CCC(=O)NC3=O)C4=O)CC2)nc1C(F)F.O=C1CCC(N2C(=O)c3cccc(CCOCCN4CCC(n5cc([N+](=O)[O-])c(C(F)F)n5)CC4)c3C2=O)C(=O)N1.O=[N+]([O-])c1cn(C2CCNCC2)nc1C(F)F.[K+].[NH2-]. The van der Waals surface area contributed by atoms with Gasteiger partial charge in [0, 0.05) is 64.7 Å². The van der Waals surface area contributed by atoms with E-state index >= 15 is 0 Å². The maximum atomic E-state index is 13.2. The van der Waals surface area contributed by atoms with Gasteiger partial charge in [0.25, 0.3) is 64.8 Å². The molecular formula is C79H93ClF6KN19O22S. The minimum atomic E-state index is -3.53. The van der Waals surface area contributed by atoms with Gasteiger partial charge < -0.3 is 41.2 Å². The number of imide groups is 6. The molecular weight excluding hydrogens is 1790 g/mol. The Morgan fingerprint density at radius 1 is 0.457 bits per heavy atom. The standard InChI is InChI=1S/C26H28F2N6O7.C26H30F2N6O5.C18H20N2O8S.C9H12F2N4O2.ClH.K.H2N/c27-23(28)22-19(34(39)40)14-32(30-22)16-6-9-31(10-7-16)11-13-41-12-8-15-2-1-3-17-21(15)26(38)33(25(17)37)18-4-5-20(35)29-24(18)36;27-23(28)22-18(29)14-33(31-22)16-6-9-32(10-7-16)11-13-39-12-8-15-2-1-3-17-21(15)26(38)34(25(17)37)19-4-5-20(35)30-24(19)36;1-29(25,26)28-10-9-27-8-7-11-3-2-4-12-15(11)18(24)20(17(12)23)13-5-6-14(21)19-16(13)22;10-9(11)8-7(15(16)17)5-14(13-8)6-1-3-12-4-2-6;;;/h1-3,14,16,18,23H,4-13H2,(H,29,35,36);1-3,14,16,19,23H,4-13,29H2,(H,30,35,36);2-4,13H,5-10H2,1H3,(H,19,21,22);5-6,9,12H,1-4H2;1H;;1H2/q;;;;;+1;-1. The number of amides is 12. The molecule has 129 heavy (non-hydrogen) atoms. The third-order valence-electron chi connectivity index (χ3n) is 22.7. The summed E-state index contributed by atoms with van der Waals surface area (Å²) in [7, 11) is -3.53. The Labute approximate surface area is 781 Å². The van der Waals surface area contributed by atoms with E-state index in [0.717, 1.165) is 85.2 Å². The van der Waals surface area contributed by atoms with Crippen LogP contribution in [0.4, 0.5) is 43.4 Å². The van der Waals surface area contributed by atoms with E-state index in [1.54, 1.807) is 53.2 Å². The van der Waals surface area contributed by atoms with Crippen molar-refractivity contribution >= 4 is 110 Å². The summed E-state index contributed by atoms with van der Waals surface area (Å²) < 4.78 is 125. The number of benzene rings is 3. The number of carbonyl (C=O) groups is 12. The number of nitrogens with two attached hydrogens (primary N) is 2. The summed E-state index contributed by atoms with van der Waals surface area (Å²) >= 11 is 0. The number of piperidine rings is 6. The first-order valence-corrected chi connectivity index (χ1v) is 42.4. The summed E-state index contributed by atoms with van der Waals surface area (Å²) in [5.74, 6) is -6.54. The van der Waals surface area contributed by atoms with E-state index in [-0.39, 0.29) is 191 Å². The molecule has 41 nitrogen and oxygen atoms in total. The van der Waals surface area contributed by atoms with Crippen molar-refractivity contribution in [2.45, 2.75) is 152 Å². The normalized spacial score (nSPS) is 19.4. The number of nitrogens with one attached hydrogen (secondary N) is 4. The zero-order chi connectivity index (χ0) is 90.5. The van der Waals surface area contributed by atoms with Crippen molar-refractivity contribution < 1.29 is 172 Å². The number of ether oxygens (including phenoxy) is 3. The number of alkyl halides is 6. The van der Waals surface area contributed by atoms with Gasteiger partial charge in [-0.2, -0.15) is 23.7 Å². The average Bonchev–Trinajstić information content (AvgIpc) is 1.61. The summed E-state index contributed by atoms with van der Waals surface area (Å²) in [6.07, 6.45) is 1.73. The molecule has 3 unspecified atom stereocenters. The number of anilines is 1. The van der Waals surface area contributed by atoms with Crippen molar-refractivity contribution in [3.05, 3.63) is 167 Å². The monoisotopic (exact) mass is 1880 g/mol. The van der Waals surface area contributed by atoms with E-state index in [1.165, 1.54) is 21.6 Å². The second kappa shape index (κ2) is 46.1. The average molecular weight is 1880 g/mol. The molecule has 3 aromatic heterocycles. The molecule has 3 aromatic carbocycles. The quantitative estimate of drug-likeness (QED) is 0.00822. The number of nitro groups is 2. The summed E-state index contributed by atoms with van der Waals surface area (Å²) in [5, 5.41) is 42.7. The van der Waals surface area contributed by atoms with Crippen LogP contribution in [0, 0.1) is 20.2 Å². The van der Waals surface area contributed by atoms with Gasteiger partial charge in [0.15, 0.2) is 5.69 Å². The number of hydrogen-bond donors (Lipinski definition) is 5. The molecule has 0 saturated carbocycles. The van der Waals surface area contributed by atoms with Crippen LogP contribution in [0.15, 0.2) is 73.2 Å². The summed E-state index contributed by atoms with van der Waals surface area (Å²) in [6.45, 7) is 7.31. The van der Waals surface area contributed by atoms with Crippen LogP contribution in [0.25, 0.3) is 6.15 Å². The van der Waals surface area contributed by atoms with Gasteiger partial charge in [-0.15, -0.1) is 12.4 Å². The van der Waals surface area contributed by atoms with E-state index < -0.39 is 151 Å². The van der Waals surface area contributed by atoms with Crippen molar-refractivity contribution in [2.24, 2.45) is 0 Å². The summed E-state index contributed by atoms with van der Waals surface area (Å²) in [6, 6.07) is 11.6. The van der Waals surface area contributed by atoms with Gasteiger partial charge in [-0.25, -0.2) is 26.3 Å². The maximum Gasteiger partial charge on any atom is 1.00 e. The number of nitrogens with zero attached hydrogens (tertiary/aromatic N) is 13. The molecule has 6 aromatic rings. The molecule has 9 aliphatic rings. The third kappa shape index (κ3) is 24.7. The van der Waals surface area contributed by atoms with Gasteiger partial charge in [-0.1, -0.05) is 36.4 Å². The second-order valence-corrected chi connectivity index (χ2v) is 32.4. The van der Waals surface area contributed by atoms with Crippen LogP contribution in [-0.4, -0.2) is 266 Å². The Balaban J connectivity index is 0.000000200. The molecule has 12 heterocycles. The first kappa shape index (κ1) is 103. The molecule has 3 atom stereocenters. The molecule has 50 heteroatoms. The number of aromatic nitrogens is 6. The van der Waals surface area contributed by atoms with Crippen LogP contribution in [-0.2, 0) is 76.5 Å². The molecule has 6 fully saturated rings. The van der Waals surface area contributed by atoms with Crippen molar-refractivity contribution in [1.29, 1.82) is 0 Å². The fourth-order valence-corrected chi connectivity index (χ4v) is 16.7. The minimum absolute atomic E-state index is 0. The number of hydrogen-bond acceptors (Lipinski definition) is 29. The number of likely N-dealkylation sites (tertiary alicyclic amines) is 2. The first-order valence-electron chi connectivity index (χ1n) is 40.6. The van der Waals surface area contributed by atoms with Crippen molar-refractivity contribution in [3.63, 3.8) is 0 Å². The molecule has 692 valence electrons. The Morgan fingerprint density at radius 2 is 0.775 bits per heavy atom. The van der Waals surface area contributed by atoms with Crippen LogP contribution in [0.2, 0.25) is 0 Å². The molecule has 0 spiro atoms. The predicted molar refractivity (Wildman–Crippen MR) is 436 cm³/mol. The minimum Gasteiger partial charge on any atom is -0.693 e. The van der Waals surface area contributed by atoms with Crippen LogP contribution in [0.5, 0.6) is 0 Å². The van der Waals surface area contributed by atoms with Gasteiger partial charge >= 0.3 is 62.8 Å². The molecule has 0 aliphatic carbocycles. The van der Waals surface area contributed by atoms with Crippen LogP contribution in [0.1, 0.15) is 210 Å².